The zero-order valence-electron chi connectivity index (χ0n) is 7.25. The van der Waals surface area contributed by atoms with Gasteiger partial charge in [0.15, 0.2) is 0 Å². The van der Waals surface area contributed by atoms with Gasteiger partial charge in [0.1, 0.15) is 11.6 Å². The zero-order chi connectivity index (χ0) is 8.55. The van der Waals surface area contributed by atoms with Gasteiger partial charge in [0, 0.05) is 17.7 Å². The molecule has 0 radical (unpaired) electrons. The van der Waals surface area contributed by atoms with E-state index in [2.05, 4.69) is 9.97 Å². The van der Waals surface area contributed by atoms with Gasteiger partial charge in [0.05, 0.1) is 0 Å². The average molecular weight is 163 g/mol. The Morgan fingerprint density at radius 1 is 1.42 bits per heavy atom. The first-order chi connectivity index (χ1) is 5.75. The van der Waals surface area contributed by atoms with Crippen molar-refractivity contribution in [3.63, 3.8) is 0 Å². The first kappa shape index (κ1) is 7.53. The summed E-state index contributed by atoms with van der Waals surface area (Å²) in [5.74, 6) is 2.12. The molecule has 0 saturated heterocycles. The Hall–Kier alpha value is -1.12. The summed E-state index contributed by atoms with van der Waals surface area (Å²) in [6.45, 7) is 1.96. The largest absolute Gasteiger partial charge is 0.384 e. The molecule has 0 bridgehead atoms. The Bertz CT molecular complexity index is 272. The lowest BCUT2D eigenvalue weighted by atomic mass is 9.85. The van der Waals surface area contributed by atoms with E-state index in [1.165, 1.54) is 19.3 Å². The molecule has 1 aliphatic carbocycles. The molecule has 3 nitrogen and oxygen atoms in total. The van der Waals surface area contributed by atoms with Crippen molar-refractivity contribution in [3.8, 4) is 0 Å². The molecule has 12 heavy (non-hydrogen) atoms. The highest BCUT2D eigenvalue weighted by Gasteiger charge is 2.22. The fourth-order valence-corrected chi connectivity index (χ4v) is 1.47. The van der Waals surface area contributed by atoms with Gasteiger partial charge in [-0.3, -0.25) is 0 Å². The first-order valence-electron chi connectivity index (χ1n) is 4.37. The summed E-state index contributed by atoms with van der Waals surface area (Å²) in [7, 11) is 0. The van der Waals surface area contributed by atoms with Crippen LogP contribution in [0.25, 0.3) is 0 Å². The maximum Gasteiger partial charge on any atom is 0.134 e. The van der Waals surface area contributed by atoms with Gasteiger partial charge in [-0.15, -0.1) is 0 Å². The highest BCUT2D eigenvalue weighted by atomic mass is 15.0. The van der Waals surface area contributed by atoms with Crippen LogP contribution in [0.4, 0.5) is 5.82 Å². The van der Waals surface area contributed by atoms with Gasteiger partial charge >= 0.3 is 0 Å². The number of hydrogen-bond donors (Lipinski definition) is 1. The number of nitrogen functional groups attached to an aromatic ring is 1. The molecule has 0 aromatic carbocycles. The van der Waals surface area contributed by atoms with Crippen molar-refractivity contribution in [1.29, 1.82) is 0 Å². The molecule has 0 aliphatic heterocycles. The van der Waals surface area contributed by atoms with Crippen LogP contribution in [0.3, 0.4) is 0 Å². The molecule has 1 aliphatic rings. The molecule has 2 rings (SSSR count). The molecule has 0 spiro atoms. The molecule has 0 unspecified atom stereocenters. The maximum absolute atomic E-state index is 5.62. The molecular weight excluding hydrogens is 150 g/mol. The van der Waals surface area contributed by atoms with Gasteiger partial charge in [-0.25, -0.2) is 9.97 Å². The summed E-state index contributed by atoms with van der Waals surface area (Å²) >= 11 is 0. The van der Waals surface area contributed by atoms with Crippen molar-refractivity contribution in [2.45, 2.75) is 32.1 Å². The molecule has 0 atom stereocenters. The third-order valence-corrected chi connectivity index (χ3v) is 2.36. The second-order valence-electron chi connectivity index (χ2n) is 3.42. The average Bonchev–Trinajstić information content (AvgIpc) is 1.79. The Morgan fingerprint density at radius 3 is 2.67 bits per heavy atom. The summed E-state index contributed by atoms with van der Waals surface area (Å²) < 4.78 is 0. The summed E-state index contributed by atoms with van der Waals surface area (Å²) in [6, 6.07) is 1.81. The van der Waals surface area contributed by atoms with Crippen LogP contribution in [0.15, 0.2) is 6.07 Å². The fraction of sp³-hybridized carbons (Fsp3) is 0.556. The third kappa shape index (κ3) is 1.26. The van der Waals surface area contributed by atoms with Crippen LogP contribution in [0.2, 0.25) is 0 Å². The van der Waals surface area contributed by atoms with E-state index in [1.807, 2.05) is 13.0 Å². The second-order valence-corrected chi connectivity index (χ2v) is 3.42. The maximum atomic E-state index is 5.62. The highest BCUT2D eigenvalue weighted by Crippen LogP contribution is 2.34. The Balaban J connectivity index is 2.30. The SMILES string of the molecule is Cc1cc(N)nc(C2CCC2)n1. The van der Waals surface area contributed by atoms with Crippen LogP contribution in [0, 0.1) is 6.92 Å². The van der Waals surface area contributed by atoms with Crippen molar-refractivity contribution >= 4 is 5.82 Å². The molecular formula is C9H13N3. The first-order valence-corrected chi connectivity index (χ1v) is 4.37. The number of anilines is 1. The van der Waals surface area contributed by atoms with E-state index < -0.39 is 0 Å². The van der Waals surface area contributed by atoms with Gasteiger partial charge in [-0.2, -0.15) is 0 Å². The lowest BCUT2D eigenvalue weighted by Gasteiger charge is -2.23. The number of nitrogens with two attached hydrogens (primary N) is 1. The highest BCUT2D eigenvalue weighted by molar-refractivity contribution is 5.30. The van der Waals surface area contributed by atoms with Crippen molar-refractivity contribution in [2.75, 3.05) is 5.73 Å². The van der Waals surface area contributed by atoms with Gasteiger partial charge in [-0.1, -0.05) is 6.42 Å². The second kappa shape index (κ2) is 2.73. The predicted molar refractivity (Wildman–Crippen MR) is 47.8 cm³/mol. The standard InChI is InChI=1S/C9H13N3/c1-6-5-8(10)12-9(11-6)7-3-2-4-7/h5,7H,2-4H2,1H3,(H2,10,11,12). The van der Waals surface area contributed by atoms with Gasteiger partial charge in [0.25, 0.3) is 0 Å². The number of aryl methyl sites for hydroxylation is 1. The van der Waals surface area contributed by atoms with Crippen molar-refractivity contribution in [3.05, 3.63) is 17.6 Å². The zero-order valence-corrected chi connectivity index (χ0v) is 7.25. The third-order valence-electron chi connectivity index (χ3n) is 2.36. The molecule has 1 saturated carbocycles. The van der Waals surface area contributed by atoms with E-state index in [0.29, 0.717) is 11.7 Å². The van der Waals surface area contributed by atoms with Crippen LogP contribution >= 0.6 is 0 Å². The van der Waals surface area contributed by atoms with Gasteiger partial charge in [-0.05, 0) is 19.8 Å². The minimum atomic E-state index is 0.576. The van der Waals surface area contributed by atoms with Crippen LogP contribution in [0.1, 0.15) is 36.7 Å². The van der Waals surface area contributed by atoms with Crippen LogP contribution in [-0.4, -0.2) is 9.97 Å². The summed E-state index contributed by atoms with van der Waals surface area (Å²) in [5, 5.41) is 0. The quantitative estimate of drug-likeness (QED) is 0.684. The molecule has 0 amide bonds. The molecule has 1 fully saturated rings. The molecule has 1 aromatic rings. The van der Waals surface area contributed by atoms with Crippen molar-refractivity contribution in [2.24, 2.45) is 0 Å². The fourth-order valence-electron chi connectivity index (χ4n) is 1.47. The van der Waals surface area contributed by atoms with E-state index >= 15 is 0 Å². The molecule has 1 heterocycles. The Labute approximate surface area is 72.0 Å². The van der Waals surface area contributed by atoms with Crippen LogP contribution in [-0.2, 0) is 0 Å². The number of nitrogens with zero attached hydrogens (tertiary/aromatic N) is 2. The summed E-state index contributed by atoms with van der Waals surface area (Å²) in [6.07, 6.45) is 3.76. The normalized spacial score (nSPS) is 17.4. The minimum Gasteiger partial charge on any atom is -0.384 e. The monoisotopic (exact) mass is 163 g/mol. The van der Waals surface area contributed by atoms with Gasteiger partial charge in [0.2, 0.25) is 0 Å². The van der Waals surface area contributed by atoms with Gasteiger partial charge < -0.3 is 5.73 Å². The molecule has 3 heteroatoms. The lowest BCUT2D eigenvalue weighted by molar-refractivity contribution is 0.401. The van der Waals surface area contributed by atoms with Crippen molar-refractivity contribution < 1.29 is 0 Å². The number of hydrogen-bond acceptors (Lipinski definition) is 3. The number of rotatable bonds is 1. The minimum absolute atomic E-state index is 0.576. The Kier molecular flexibility index (Phi) is 1.71. The van der Waals surface area contributed by atoms with Crippen molar-refractivity contribution in [1.82, 2.24) is 9.97 Å². The van der Waals surface area contributed by atoms with Crippen LogP contribution < -0.4 is 5.73 Å². The topological polar surface area (TPSA) is 51.8 Å². The molecule has 64 valence electrons. The molecule has 2 N–H and O–H groups in total. The van der Waals surface area contributed by atoms with E-state index in [9.17, 15) is 0 Å². The molecule has 1 aromatic heterocycles. The van der Waals surface area contributed by atoms with Crippen LogP contribution in [0.5, 0.6) is 0 Å². The predicted octanol–water partition coefficient (Wildman–Crippen LogP) is 1.63. The smallest absolute Gasteiger partial charge is 0.134 e. The summed E-state index contributed by atoms with van der Waals surface area (Å²) in [5.41, 5.74) is 6.60. The lowest BCUT2D eigenvalue weighted by Crippen LogP contribution is -2.14. The van der Waals surface area contributed by atoms with E-state index in [0.717, 1.165) is 11.5 Å². The van der Waals surface area contributed by atoms with E-state index in [4.69, 9.17) is 5.73 Å². The number of aromatic nitrogens is 2. The Morgan fingerprint density at radius 2 is 2.17 bits per heavy atom. The summed E-state index contributed by atoms with van der Waals surface area (Å²) in [4.78, 5) is 8.59. The van der Waals surface area contributed by atoms with E-state index in [-0.39, 0.29) is 0 Å². The van der Waals surface area contributed by atoms with E-state index in [1.54, 1.807) is 0 Å².